The third-order valence-corrected chi connectivity index (χ3v) is 2.06. The molecule has 82 valence electrons. The van der Waals surface area contributed by atoms with Crippen molar-refractivity contribution in [1.82, 2.24) is 0 Å². The number of hydrogen-bond donors (Lipinski definition) is 2. The lowest BCUT2D eigenvalue weighted by molar-refractivity contribution is 0.339. The van der Waals surface area contributed by atoms with Crippen LogP contribution in [0.5, 0.6) is 17.2 Å². The molecule has 15 heavy (non-hydrogen) atoms. The number of aromatic hydroxyl groups is 1. The van der Waals surface area contributed by atoms with Crippen molar-refractivity contribution in [3.63, 3.8) is 0 Å². The number of phenols is 1. The second-order valence-electron chi connectivity index (χ2n) is 2.99. The SMILES string of the molecule is COc1cc(CC(N)=S)cc(OC)c1O. The highest BCUT2D eigenvalue weighted by atomic mass is 32.1. The zero-order valence-electron chi connectivity index (χ0n) is 8.61. The maximum atomic E-state index is 9.63. The van der Waals surface area contributed by atoms with Gasteiger partial charge in [-0.25, -0.2) is 0 Å². The van der Waals surface area contributed by atoms with E-state index in [1.165, 1.54) is 14.2 Å². The summed E-state index contributed by atoms with van der Waals surface area (Å²) in [6, 6.07) is 3.36. The van der Waals surface area contributed by atoms with E-state index in [1.807, 2.05) is 0 Å². The van der Waals surface area contributed by atoms with Gasteiger partial charge in [0.25, 0.3) is 0 Å². The molecule has 0 heterocycles. The van der Waals surface area contributed by atoms with Crippen molar-refractivity contribution in [3.05, 3.63) is 17.7 Å². The van der Waals surface area contributed by atoms with E-state index < -0.39 is 0 Å². The van der Waals surface area contributed by atoms with Crippen molar-refractivity contribution in [2.45, 2.75) is 6.42 Å². The summed E-state index contributed by atoms with van der Waals surface area (Å²) < 4.78 is 9.99. The van der Waals surface area contributed by atoms with Gasteiger partial charge in [0.1, 0.15) is 0 Å². The van der Waals surface area contributed by atoms with Gasteiger partial charge >= 0.3 is 0 Å². The van der Waals surface area contributed by atoms with Crippen LogP contribution in [0.4, 0.5) is 0 Å². The largest absolute Gasteiger partial charge is 0.502 e. The maximum absolute atomic E-state index is 9.63. The number of ether oxygens (including phenoxy) is 2. The summed E-state index contributed by atoms with van der Waals surface area (Å²) in [6.07, 6.45) is 0.447. The smallest absolute Gasteiger partial charge is 0.200 e. The highest BCUT2D eigenvalue weighted by Crippen LogP contribution is 2.37. The number of nitrogens with two attached hydrogens (primary N) is 1. The standard InChI is InChI=1S/C10H13NO3S/c1-13-7-3-6(5-9(11)15)4-8(14-2)10(7)12/h3-4,12H,5H2,1-2H3,(H2,11,15). The lowest BCUT2D eigenvalue weighted by Gasteiger charge is -2.10. The van der Waals surface area contributed by atoms with Crippen LogP contribution in [0.1, 0.15) is 5.56 Å². The van der Waals surface area contributed by atoms with Crippen LogP contribution < -0.4 is 15.2 Å². The van der Waals surface area contributed by atoms with Gasteiger partial charge in [-0.05, 0) is 17.7 Å². The van der Waals surface area contributed by atoms with Gasteiger partial charge in [-0.1, -0.05) is 12.2 Å². The molecule has 1 aromatic rings. The molecule has 0 saturated carbocycles. The minimum atomic E-state index is -0.0216. The topological polar surface area (TPSA) is 64.7 Å². The van der Waals surface area contributed by atoms with E-state index in [0.717, 1.165) is 5.56 Å². The summed E-state index contributed by atoms with van der Waals surface area (Å²) in [6.45, 7) is 0. The quantitative estimate of drug-likeness (QED) is 0.758. The van der Waals surface area contributed by atoms with E-state index >= 15 is 0 Å². The second kappa shape index (κ2) is 4.84. The fourth-order valence-electron chi connectivity index (χ4n) is 1.25. The third-order valence-electron chi connectivity index (χ3n) is 1.92. The van der Waals surface area contributed by atoms with Crippen LogP contribution in [-0.2, 0) is 6.42 Å². The number of hydrogen-bond acceptors (Lipinski definition) is 4. The van der Waals surface area contributed by atoms with Gasteiger partial charge in [0.15, 0.2) is 11.5 Å². The Bertz CT molecular complexity index is 354. The van der Waals surface area contributed by atoms with Crippen molar-refractivity contribution in [2.24, 2.45) is 5.73 Å². The van der Waals surface area contributed by atoms with Crippen LogP contribution in [0.15, 0.2) is 12.1 Å². The predicted octanol–water partition coefficient (Wildman–Crippen LogP) is 1.24. The van der Waals surface area contributed by atoms with Crippen molar-refractivity contribution in [1.29, 1.82) is 0 Å². The minimum absolute atomic E-state index is 0.0216. The fourth-order valence-corrected chi connectivity index (χ4v) is 1.42. The monoisotopic (exact) mass is 227 g/mol. The van der Waals surface area contributed by atoms with Crippen molar-refractivity contribution in [2.75, 3.05) is 14.2 Å². The van der Waals surface area contributed by atoms with Gasteiger partial charge in [-0.2, -0.15) is 0 Å². The Morgan fingerprint density at radius 1 is 1.33 bits per heavy atom. The Morgan fingerprint density at radius 3 is 2.13 bits per heavy atom. The van der Waals surface area contributed by atoms with Gasteiger partial charge in [-0.3, -0.25) is 0 Å². The molecule has 0 atom stereocenters. The molecule has 0 spiro atoms. The van der Waals surface area contributed by atoms with E-state index in [9.17, 15) is 5.11 Å². The van der Waals surface area contributed by atoms with Crippen LogP contribution in [0.25, 0.3) is 0 Å². The Labute approximate surface area is 93.6 Å². The third kappa shape index (κ3) is 2.73. The first-order chi connectivity index (χ1) is 7.08. The van der Waals surface area contributed by atoms with Gasteiger partial charge in [0.2, 0.25) is 5.75 Å². The molecule has 0 aliphatic carbocycles. The molecule has 0 radical (unpaired) electrons. The van der Waals surface area contributed by atoms with Gasteiger partial charge < -0.3 is 20.3 Å². The lowest BCUT2D eigenvalue weighted by Crippen LogP contribution is -2.11. The second-order valence-corrected chi connectivity index (χ2v) is 3.52. The summed E-state index contributed by atoms with van der Waals surface area (Å²) in [7, 11) is 2.94. The van der Waals surface area contributed by atoms with Gasteiger partial charge in [0, 0.05) is 6.42 Å². The Hall–Kier alpha value is -1.49. The number of benzene rings is 1. The highest BCUT2D eigenvalue weighted by molar-refractivity contribution is 7.80. The molecule has 0 aliphatic rings. The molecular formula is C10H13NO3S. The number of methoxy groups -OCH3 is 2. The van der Waals surface area contributed by atoms with Crippen LogP contribution in [0.2, 0.25) is 0 Å². The molecule has 1 aromatic carbocycles. The number of thiocarbonyl (C=S) groups is 1. The summed E-state index contributed by atoms with van der Waals surface area (Å²) >= 11 is 4.80. The lowest BCUT2D eigenvalue weighted by atomic mass is 10.1. The molecule has 0 amide bonds. The van der Waals surface area contributed by atoms with Crippen molar-refractivity contribution >= 4 is 17.2 Å². The molecular weight excluding hydrogens is 214 g/mol. The molecule has 5 heteroatoms. The molecule has 0 aromatic heterocycles. The molecule has 0 fully saturated rings. The Morgan fingerprint density at radius 2 is 1.80 bits per heavy atom. The summed E-state index contributed by atoms with van der Waals surface area (Å²) in [4.78, 5) is 0.379. The van der Waals surface area contributed by atoms with Crippen molar-refractivity contribution < 1.29 is 14.6 Å². The first-order valence-electron chi connectivity index (χ1n) is 4.30. The highest BCUT2D eigenvalue weighted by Gasteiger charge is 2.11. The Kier molecular flexibility index (Phi) is 3.74. The molecule has 0 bridgehead atoms. The fraction of sp³-hybridized carbons (Fsp3) is 0.300. The Balaban J connectivity index is 3.14. The first-order valence-corrected chi connectivity index (χ1v) is 4.71. The number of phenolic OH excluding ortho intramolecular Hbond substituents is 1. The summed E-state index contributed by atoms with van der Waals surface area (Å²) in [5.74, 6) is 0.674. The van der Waals surface area contributed by atoms with E-state index in [4.69, 9.17) is 27.4 Å². The van der Waals surface area contributed by atoms with Crippen LogP contribution in [-0.4, -0.2) is 24.3 Å². The van der Waals surface area contributed by atoms with Crippen LogP contribution in [0, 0.1) is 0 Å². The number of rotatable bonds is 4. The molecule has 4 nitrogen and oxygen atoms in total. The van der Waals surface area contributed by atoms with E-state index in [0.29, 0.717) is 22.9 Å². The molecule has 3 N–H and O–H groups in total. The van der Waals surface area contributed by atoms with Crippen LogP contribution in [0.3, 0.4) is 0 Å². The predicted molar refractivity (Wildman–Crippen MR) is 61.7 cm³/mol. The van der Waals surface area contributed by atoms with E-state index in [2.05, 4.69) is 0 Å². The zero-order chi connectivity index (χ0) is 11.4. The van der Waals surface area contributed by atoms with Crippen molar-refractivity contribution in [3.8, 4) is 17.2 Å². The van der Waals surface area contributed by atoms with E-state index in [-0.39, 0.29) is 5.75 Å². The average Bonchev–Trinajstić information content (AvgIpc) is 2.19. The first kappa shape index (κ1) is 11.6. The van der Waals surface area contributed by atoms with Gasteiger partial charge in [0.05, 0.1) is 19.2 Å². The zero-order valence-corrected chi connectivity index (χ0v) is 9.43. The van der Waals surface area contributed by atoms with Crippen LogP contribution >= 0.6 is 12.2 Å². The maximum Gasteiger partial charge on any atom is 0.200 e. The normalized spacial score (nSPS) is 9.73. The molecule has 0 aliphatic heterocycles. The summed E-state index contributed by atoms with van der Waals surface area (Å²) in [5.41, 5.74) is 6.27. The minimum Gasteiger partial charge on any atom is -0.502 e. The summed E-state index contributed by atoms with van der Waals surface area (Å²) in [5, 5.41) is 9.63. The molecule has 0 unspecified atom stereocenters. The van der Waals surface area contributed by atoms with E-state index in [1.54, 1.807) is 12.1 Å². The average molecular weight is 227 g/mol. The van der Waals surface area contributed by atoms with Gasteiger partial charge in [-0.15, -0.1) is 0 Å². The molecule has 0 saturated heterocycles. The molecule has 1 rings (SSSR count).